The molecule has 0 saturated carbocycles. The van der Waals surface area contributed by atoms with Crippen molar-refractivity contribution in [3.05, 3.63) is 0 Å². The fourth-order valence-corrected chi connectivity index (χ4v) is 0.721. The minimum atomic E-state index is -1.19. The molecule has 0 aromatic carbocycles. The molecule has 1 atom stereocenters. The fourth-order valence-electron chi connectivity index (χ4n) is 0.721. The van der Waals surface area contributed by atoms with Gasteiger partial charge in [0.15, 0.2) is 0 Å². The van der Waals surface area contributed by atoms with Gasteiger partial charge in [0.25, 0.3) is 0 Å². The molecule has 0 radical (unpaired) electrons. The van der Waals surface area contributed by atoms with Gasteiger partial charge in [-0.15, -0.1) is 0 Å². The van der Waals surface area contributed by atoms with Gasteiger partial charge in [0.2, 0.25) is 0 Å². The SMILES string of the molecule is CC(NC(=O)C(=O)NC(C)(C)C)C(=O)O. The minimum absolute atomic E-state index is 0.527. The Bertz CT molecular complexity index is 280. The van der Waals surface area contributed by atoms with Crippen molar-refractivity contribution in [1.29, 1.82) is 0 Å². The van der Waals surface area contributed by atoms with Gasteiger partial charge < -0.3 is 15.7 Å². The topological polar surface area (TPSA) is 95.5 Å². The number of aliphatic carboxylic acids is 1. The molecule has 1 unspecified atom stereocenters. The van der Waals surface area contributed by atoms with E-state index in [1.165, 1.54) is 6.92 Å². The summed E-state index contributed by atoms with van der Waals surface area (Å²) < 4.78 is 0. The van der Waals surface area contributed by atoms with Crippen molar-refractivity contribution in [2.75, 3.05) is 0 Å². The van der Waals surface area contributed by atoms with Crippen LogP contribution < -0.4 is 10.6 Å². The summed E-state index contributed by atoms with van der Waals surface area (Å²) in [4.78, 5) is 32.7. The molecular weight excluding hydrogens is 200 g/mol. The first-order chi connectivity index (χ1) is 6.63. The van der Waals surface area contributed by atoms with Crippen LogP contribution in [0.5, 0.6) is 0 Å². The van der Waals surface area contributed by atoms with E-state index in [1.54, 1.807) is 20.8 Å². The van der Waals surface area contributed by atoms with Crippen LogP contribution in [0.25, 0.3) is 0 Å². The molecule has 0 aliphatic rings. The molecule has 6 heteroatoms. The van der Waals surface area contributed by atoms with Crippen LogP contribution in [-0.4, -0.2) is 34.5 Å². The highest BCUT2D eigenvalue weighted by Crippen LogP contribution is 1.97. The van der Waals surface area contributed by atoms with Crippen molar-refractivity contribution >= 4 is 17.8 Å². The summed E-state index contributed by atoms with van der Waals surface area (Å²) in [6.45, 7) is 6.45. The molecule has 0 aliphatic carbocycles. The van der Waals surface area contributed by atoms with E-state index in [2.05, 4.69) is 10.6 Å². The third kappa shape index (κ3) is 5.66. The summed E-state index contributed by atoms with van der Waals surface area (Å²) in [5, 5.41) is 13.0. The van der Waals surface area contributed by atoms with Gasteiger partial charge in [-0.1, -0.05) is 0 Å². The summed E-state index contributed by atoms with van der Waals surface area (Å²) in [6, 6.07) is -1.08. The van der Waals surface area contributed by atoms with Crippen LogP contribution in [0.2, 0.25) is 0 Å². The smallest absolute Gasteiger partial charge is 0.325 e. The third-order valence-corrected chi connectivity index (χ3v) is 1.41. The fraction of sp³-hybridized carbons (Fsp3) is 0.667. The number of carboxylic acid groups (broad SMARTS) is 1. The lowest BCUT2D eigenvalue weighted by Crippen LogP contribution is -2.51. The van der Waals surface area contributed by atoms with E-state index >= 15 is 0 Å². The number of carbonyl (C=O) groups is 3. The van der Waals surface area contributed by atoms with Crippen LogP contribution in [0, 0.1) is 0 Å². The van der Waals surface area contributed by atoms with E-state index in [0.717, 1.165) is 0 Å². The summed E-state index contributed by atoms with van der Waals surface area (Å²) in [5.41, 5.74) is -0.527. The number of hydrogen-bond acceptors (Lipinski definition) is 3. The van der Waals surface area contributed by atoms with E-state index in [0.29, 0.717) is 0 Å². The van der Waals surface area contributed by atoms with Crippen LogP contribution in [0.4, 0.5) is 0 Å². The maximum Gasteiger partial charge on any atom is 0.325 e. The van der Waals surface area contributed by atoms with Crippen molar-refractivity contribution in [3.63, 3.8) is 0 Å². The van der Waals surface area contributed by atoms with Gasteiger partial charge in [-0.25, -0.2) is 0 Å². The first kappa shape index (κ1) is 13.4. The highest BCUT2D eigenvalue weighted by Gasteiger charge is 2.23. The average molecular weight is 216 g/mol. The Labute approximate surface area is 88.0 Å². The van der Waals surface area contributed by atoms with Crippen molar-refractivity contribution < 1.29 is 19.5 Å². The monoisotopic (exact) mass is 216 g/mol. The molecule has 86 valence electrons. The first-order valence-electron chi connectivity index (χ1n) is 4.49. The van der Waals surface area contributed by atoms with Crippen LogP contribution in [0.1, 0.15) is 27.7 Å². The molecule has 0 aromatic rings. The molecule has 0 saturated heterocycles. The van der Waals surface area contributed by atoms with E-state index in [1.807, 2.05) is 0 Å². The highest BCUT2D eigenvalue weighted by molar-refractivity contribution is 6.35. The Morgan fingerprint density at radius 2 is 1.60 bits per heavy atom. The molecule has 0 fully saturated rings. The molecule has 0 bridgehead atoms. The van der Waals surface area contributed by atoms with Crippen molar-refractivity contribution in [2.45, 2.75) is 39.3 Å². The zero-order chi connectivity index (χ0) is 12.2. The molecule has 0 aliphatic heterocycles. The van der Waals surface area contributed by atoms with E-state index in [9.17, 15) is 14.4 Å². The Morgan fingerprint density at radius 1 is 1.13 bits per heavy atom. The van der Waals surface area contributed by atoms with Crippen LogP contribution in [0.3, 0.4) is 0 Å². The molecule has 0 aromatic heterocycles. The second-order valence-corrected chi connectivity index (χ2v) is 4.24. The number of nitrogens with one attached hydrogen (secondary N) is 2. The third-order valence-electron chi connectivity index (χ3n) is 1.41. The first-order valence-corrected chi connectivity index (χ1v) is 4.49. The van der Waals surface area contributed by atoms with Crippen LogP contribution >= 0.6 is 0 Å². The molecule has 2 amide bonds. The van der Waals surface area contributed by atoms with Gasteiger partial charge in [-0.3, -0.25) is 14.4 Å². The Hall–Kier alpha value is -1.59. The van der Waals surface area contributed by atoms with Crippen LogP contribution in [-0.2, 0) is 14.4 Å². The Kier molecular flexibility index (Phi) is 4.26. The number of carboxylic acids is 1. The van der Waals surface area contributed by atoms with Gasteiger partial charge in [0, 0.05) is 5.54 Å². The molecule has 6 nitrogen and oxygen atoms in total. The van der Waals surface area contributed by atoms with Gasteiger partial charge in [-0.2, -0.15) is 0 Å². The lowest BCUT2D eigenvalue weighted by Gasteiger charge is -2.20. The number of hydrogen-bond donors (Lipinski definition) is 3. The van der Waals surface area contributed by atoms with E-state index < -0.39 is 29.4 Å². The molecule has 0 heterocycles. The predicted molar refractivity (Wildman–Crippen MR) is 53.1 cm³/mol. The zero-order valence-electron chi connectivity index (χ0n) is 9.25. The largest absolute Gasteiger partial charge is 0.480 e. The maximum atomic E-state index is 11.2. The second-order valence-electron chi connectivity index (χ2n) is 4.24. The Balaban J connectivity index is 4.24. The average Bonchev–Trinajstić information content (AvgIpc) is 2.00. The summed E-state index contributed by atoms with van der Waals surface area (Å²) in [6.07, 6.45) is 0. The highest BCUT2D eigenvalue weighted by atomic mass is 16.4. The van der Waals surface area contributed by atoms with Crippen LogP contribution in [0.15, 0.2) is 0 Å². The van der Waals surface area contributed by atoms with E-state index in [4.69, 9.17) is 5.11 Å². The zero-order valence-corrected chi connectivity index (χ0v) is 9.25. The predicted octanol–water partition coefficient (Wildman–Crippen LogP) is -0.510. The van der Waals surface area contributed by atoms with Crippen molar-refractivity contribution in [1.82, 2.24) is 10.6 Å². The lowest BCUT2D eigenvalue weighted by molar-refractivity contribution is -0.144. The normalized spacial score (nSPS) is 12.8. The molecular formula is C9H16N2O4. The maximum absolute atomic E-state index is 11.2. The van der Waals surface area contributed by atoms with Crippen molar-refractivity contribution in [3.8, 4) is 0 Å². The minimum Gasteiger partial charge on any atom is -0.480 e. The molecule has 15 heavy (non-hydrogen) atoms. The Morgan fingerprint density at radius 3 is 1.93 bits per heavy atom. The second kappa shape index (κ2) is 4.77. The van der Waals surface area contributed by atoms with Gasteiger partial charge in [0.1, 0.15) is 6.04 Å². The number of carbonyl (C=O) groups excluding carboxylic acids is 2. The molecule has 0 rings (SSSR count). The lowest BCUT2D eigenvalue weighted by atomic mass is 10.1. The van der Waals surface area contributed by atoms with Gasteiger partial charge in [0.05, 0.1) is 0 Å². The van der Waals surface area contributed by atoms with Gasteiger partial charge >= 0.3 is 17.8 Å². The van der Waals surface area contributed by atoms with E-state index in [-0.39, 0.29) is 0 Å². The molecule has 3 N–H and O–H groups in total. The number of rotatable bonds is 2. The summed E-state index contributed by atoms with van der Waals surface area (Å²) in [5.74, 6) is -2.97. The van der Waals surface area contributed by atoms with Crippen molar-refractivity contribution in [2.24, 2.45) is 0 Å². The standard InChI is InChI=1S/C9H16N2O4/c1-5(8(14)15)10-6(12)7(13)11-9(2,3)4/h5H,1-4H3,(H,10,12)(H,11,13)(H,14,15). The summed E-state index contributed by atoms with van der Waals surface area (Å²) >= 11 is 0. The van der Waals surface area contributed by atoms with Gasteiger partial charge in [-0.05, 0) is 27.7 Å². The summed E-state index contributed by atoms with van der Waals surface area (Å²) in [7, 11) is 0. The number of amides is 2. The quantitative estimate of drug-likeness (QED) is 0.542. The molecule has 0 spiro atoms.